The minimum atomic E-state index is -4.82. The predicted octanol–water partition coefficient (Wildman–Crippen LogP) is 5.57. The second-order valence-corrected chi connectivity index (χ2v) is 10.2. The van der Waals surface area contributed by atoms with Gasteiger partial charge in [-0.2, -0.15) is 27.8 Å². The molecule has 3 aromatic carbocycles. The maximum Gasteiger partial charge on any atom is 0.311 e. The van der Waals surface area contributed by atoms with Gasteiger partial charge in [-0.25, -0.2) is 0 Å². The van der Waals surface area contributed by atoms with E-state index >= 15 is 0 Å². The average Bonchev–Trinajstić information content (AvgIpc) is 2.85. The third kappa shape index (κ3) is 6.78. The fourth-order valence-electron chi connectivity index (χ4n) is 3.56. The highest BCUT2D eigenvalue weighted by molar-refractivity contribution is 7.86. The van der Waals surface area contributed by atoms with Crippen molar-refractivity contribution in [3.05, 3.63) is 91.0 Å². The molecule has 0 atom stereocenters. The van der Waals surface area contributed by atoms with Gasteiger partial charge < -0.3 is 16.0 Å². The van der Waals surface area contributed by atoms with Crippen molar-refractivity contribution in [2.24, 2.45) is 0 Å². The standard InChI is InChI=1S/C23H18ClFN8O7S/c1-11-3-4-13(7-12(11)2)27-22-29-21(24)30-23(31-22)28-17-8-14(5-6-20(17)41(38,39)40)26-16-9-15(25)18(32(34)35)10-19(16)33(36)37/h3-10,26H,1-2H3,(H,38,39,40)(H2,27,28,29,30,31). The second-order valence-electron chi connectivity index (χ2n) is 8.45. The smallest absolute Gasteiger partial charge is 0.311 e. The molecule has 0 unspecified atom stereocenters. The van der Waals surface area contributed by atoms with Crippen LogP contribution in [-0.4, -0.2) is 37.8 Å². The Hall–Kier alpha value is -5.00. The number of rotatable bonds is 9. The number of hydrogen-bond donors (Lipinski definition) is 4. The molecule has 0 radical (unpaired) electrons. The van der Waals surface area contributed by atoms with Gasteiger partial charge in [0, 0.05) is 17.4 Å². The van der Waals surface area contributed by atoms with E-state index in [1.165, 1.54) is 0 Å². The van der Waals surface area contributed by atoms with E-state index in [-0.39, 0.29) is 28.6 Å². The summed E-state index contributed by atoms with van der Waals surface area (Å²) in [7, 11) is -4.82. The number of hydrogen-bond acceptors (Lipinski definition) is 12. The van der Waals surface area contributed by atoms with Gasteiger partial charge in [-0.05, 0) is 66.9 Å². The zero-order valence-electron chi connectivity index (χ0n) is 20.9. The Kier molecular flexibility index (Phi) is 7.95. The number of benzene rings is 3. The summed E-state index contributed by atoms with van der Waals surface area (Å²) in [5.41, 5.74) is -0.0639. The first-order valence-electron chi connectivity index (χ1n) is 11.2. The summed E-state index contributed by atoms with van der Waals surface area (Å²) in [4.78, 5) is 31.8. The van der Waals surface area contributed by atoms with Crippen LogP contribution in [0.5, 0.6) is 0 Å². The van der Waals surface area contributed by atoms with Gasteiger partial charge in [0.05, 0.1) is 21.6 Å². The predicted molar refractivity (Wildman–Crippen MR) is 147 cm³/mol. The van der Waals surface area contributed by atoms with Gasteiger partial charge in [0.1, 0.15) is 10.6 Å². The first-order chi connectivity index (χ1) is 19.2. The molecule has 0 aliphatic carbocycles. The topological polar surface area (TPSA) is 215 Å². The van der Waals surface area contributed by atoms with Crippen molar-refractivity contribution < 1.29 is 27.2 Å². The summed E-state index contributed by atoms with van der Waals surface area (Å²) in [5.74, 6) is -1.60. The van der Waals surface area contributed by atoms with Crippen LogP contribution in [0.1, 0.15) is 11.1 Å². The van der Waals surface area contributed by atoms with E-state index in [1.807, 2.05) is 26.0 Å². The van der Waals surface area contributed by atoms with Crippen LogP contribution in [0.2, 0.25) is 5.28 Å². The number of nitrogens with one attached hydrogen (secondary N) is 3. The molecule has 0 aliphatic rings. The number of nitro groups is 2. The Bertz CT molecular complexity index is 1820. The highest BCUT2D eigenvalue weighted by Gasteiger charge is 2.25. The number of anilines is 6. The number of nitrogens with zero attached hydrogens (tertiary/aromatic N) is 5. The first kappa shape index (κ1) is 29.0. The van der Waals surface area contributed by atoms with Crippen LogP contribution < -0.4 is 16.0 Å². The summed E-state index contributed by atoms with van der Waals surface area (Å²) >= 11 is 6.03. The molecule has 0 bridgehead atoms. The molecule has 18 heteroatoms. The second kappa shape index (κ2) is 11.2. The number of halogens is 2. The molecule has 0 aliphatic heterocycles. The largest absolute Gasteiger partial charge is 0.350 e. The Morgan fingerprint density at radius 1 is 0.805 bits per heavy atom. The van der Waals surface area contributed by atoms with Crippen LogP contribution in [0.15, 0.2) is 53.4 Å². The lowest BCUT2D eigenvalue weighted by Crippen LogP contribution is -2.08. The summed E-state index contributed by atoms with van der Waals surface area (Å²) in [6, 6.07) is 9.65. The van der Waals surface area contributed by atoms with Crippen molar-refractivity contribution in [1.82, 2.24) is 15.0 Å². The van der Waals surface area contributed by atoms with Crippen LogP contribution in [0.25, 0.3) is 0 Å². The van der Waals surface area contributed by atoms with Gasteiger partial charge in [0.15, 0.2) is 0 Å². The lowest BCUT2D eigenvalue weighted by molar-refractivity contribution is -0.395. The molecular weight excluding hydrogens is 587 g/mol. The Balaban J connectivity index is 1.72. The molecule has 0 saturated heterocycles. The summed E-state index contributed by atoms with van der Waals surface area (Å²) < 4.78 is 48.0. The molecular formula is C23H18ClFN8O7S. The van der Waals surface area contributed by atoms with Crippen LogP contribution in [0.3, 0.4) is 0 Å². The quantitative estimate of drug-likeness (QED) is 0.104. The molecule has 0 saturated carbocycles. The molecule has 4 aromatic rings. The molecule has 4 rings (SSSR count). The zero-order chi connectivity index (χ0) is 30.1. The van der Waals surface area contributed by atoms with Gasteiger partial charge in [-0.3, -0.25) is 24.8 Å². The highest BCUT2D eigenvalue weighted by Crippen LogP contribution is 2.35. The van der Waals surface area contributed by atoms with Crippen LogP contribution in [0, 0.1) is 39.9 Å². The minimum Gasteiger partial charge on any atom is -0.350 e. The van der Waals surface area contributed by atoms with E-state index in [0.717, 1.165) is 29.3 Å². The van der Waals surface area contributed by atoms with Crippen LogP contribution in [0.4, 0.5) is 50.4 Å². The van der Waals surface area contributed by atoms with E-state index in [1.54, 1.807) is 6.07 Å². The van der Waals surface area contributed by atoms with Crippen molar-refractivity contribution in [3.63, 3.8) is 0 Å². The fourth-order valence-corrected chi connectivity index (χ4v) is 4.35. The van der Waals surface area contributed by atoms with E-state index in [2.05, 4.69) is 30.9 Å². The summed E-state index contributed by atoms with van der Waals surface area (Å²) in [6.07, 6.45) is 0. The molecule has 212 valence electrons. The Labute approximate surface area is 235 Å². The van der Waals surface area contributed by atoms with Crippen LogP contribution >= 0.6 is 11.6 Å². The highest BCUT2D eigenvalue weighted by atomic mass is 35.5. The molecule has 0 fully saturated rings. The molecule has 0 amide bonds. The number of aromatic nitrogens is 3. The molecule has 1 aromatic heterocycles. The van der Waals surface area contributed by atoms with Crippen LogP contribution in [-0.2, 0) is 10.1 Å². The molecule has 15 nitrogen and oxygen atoms in total. The summed E-state index contributed by atoms with van der Waals surface area (Å²) in [5, 5.41) is 30.3. The minimum absolute atomic E-state index is 0.00424. The molecule has 4 N–H and O–H groups in total. The Morgan fingerprint density at radius 3 is 2.02 bits per heavy atom. The van der Waals surface area contributed by atoms with Gasteiger partial charge in [0.2, 0.25) is 23.0 Å². The van der Waals surface area contributed by atoms with Crippen molar-refractivity contribution in [1.29, 1.82) is 0 Å². The summed E-state index contributed by atoms with van der Waals surface area (Å²) in [6.45, 7) is 3.85. The average molecular weight is 605 g/mol. The number of aryl methyl sites for hydroxylation is 2. The molecule has 41 heavy (non-hydrogen) atoms. The van der Waals surface area contributed by atoms with Crippen molar-refractivity contribution >= 4 is 67.7 Å². The van der Waals surface area contributed by atoms with Gasteiger partial charge in [-0.1, -0.05) is 6.07 Å². The zero-order valence-corrected chi connectivity index (χ0v) is 22.5. The number of nitro benzene ring substituents is 2. The lowest BCUT2D eigenvalue weighted by atomic mass is 10.1. The monoisotopic (exact) mass is 604 g/mol. The third-order valence-electron chi connectivity index (χ3n) is 5.61. The van der Waals surface area contributed by atoms with E-state index < -0.39 is 47.7 Å². The molecule has 1 heterocycles. The van der Waals surface area contributed by atoms with Crippen molar-refractivity contribution in [2.45, 2.75) is 18.7 Å². The van der Waals surface area contributed by atoms with E-state index in [9.17, 15) is 37.6 Å². The van der Waals surface area contributed by atoms with Gasteiger partial charge in [0.25, 0.3) is 15.8 Å². The maximum absolute atomic E-state index is 14.2. The SMILES string of the molecule is Cc1ccc(Nc2nc(Cl)nc(Nc3cc(Nc4cc(F)c([N+](=O)[O-])cc4[N+](=O)[O-])ccc3S(=O)(=O)O)n2)cc1C. The van der Waals surface area contributed by atoms with Crippen molar-refractivity contribution in [2.75, 3.05) is 16.0 Å². The van der Waals surface area contributed by atoms with Crippen molar-refractivity contribution in [3.8, 4) is 0 Å². The maximum atomic E-state index is 14.2. The van der Waals surface area contributed by atoms with Gasteiger partial charge in [-0.15, -0.1) is 0 Å². The molecule has 0 spiro atoms. The third-order valence-corrected chi connectivity index (χ3v) is 6.69. The first-order valence-corrected chi connectivity index (χ1v) is 13.1. The fraction of sp³-hybridized carbons (Fsp3) is 0.0870. The van der Waals surface area contributed by atoms with E-state index in [0.29, 0.717) is 17.8 Å². The lowest BCUT2D eigenvalue weighted by Gasteiger charge is -2.14. The van der Waals surface area contributed by atoms with E-state index in [4.69, 9.17) is 11.6 Å². The van der Waals surface area contributed by atoms with Gasteiger partial charge >= 0.3 is 5.69 Å². The Morgan fingerprint density at radius 2 is 1.41 bits per heavy atom. The normalized spacial score (nSPS) is 11.1.